The Balaban J connectivity index is 1.37. The SMILES string of the molecule is c1ccc(-c2nc(-n3c4cc5c(ccc6ccccc65)cc4c4c5cnn(-c6ccccc6)c5ccc43)nc3ccccc23)cc1. The molecule has 0 fully saturated rings. The Bertz CT molecular complexity index is 2790. The van der Waals surface area contributed by atoms with Gasteiger partial charge in [0.05, 0.1) is 39.6 Å². The fraction of sp³-hybridized carbons (Fsp3) is 0. The summed E-state index contributed by atoms with van der Waals surface area (Å²) in [6.45, 7) is 0. The highest BCUT2D eigenvalue weighted by Gasteiger charge is 2.21. The Morgan fingerprint density at radius 2 is 1.17 bits per heavy atom. The predicted octanol–water partition coefficient (Wildman–Crippen LogP) is 10.0. The molecule has 0 spiro atoms. The number of nitrogens with zero attached hydrogens (tertiary/aromatic N) is 5. The summed E-state index contributed by atoms with van der Waals surface area (Å²) in [6, 6.07) is 51.0. The van der Waals surface area contributed by atoms with Gasteiger partial charge in [0.25, 0.3) is 0 Å². The molecule has 0 radical (unpaired) electrons. The molecule has 0 saturated heterocycles. The highest BCUT2D eigenvalue weighted by Crippen LogP contribution is 2.40. The molecule has 0 amide bonds. The van der Waals surface area contributed by atoms with Crippen LogP contribution in [0.3, 0.4) is 0 Å². The standard InChI is InChI=1S/C41H25N5/c1-3-12-27(13-4-1)40-31-17-9-10-18-35(31)43-41(44-40)45-37-22-21-36-34(25-42-46(36)29-14-5-2-6-15-29)39(37)33-23-28-20-19-26-11-7-8-16-30(26)32(28)24-38(33)45/h1-25H. The summed E-state index contributed by atoms with van der Waals surface area (Å²) in [4.78, 5) is 10.5. The fourth-order valence-electron chi connectivity index (χ4n) is 7.09. The Morgan fingerprint density at radius 3 is 2.04 bits per heavy atom. The quantitative estimate of drug-likeness (QED) is 0.193. The van der Waals surface area contributed by atoms with Crippen molar-refractivity contribution in [1.29, 1.82) is 0 Å². The van der Waals surface area contributed by atoms with Crippen LogP contribution in [0.2, 0.25) is 0 Å². The van der Waals surface area contributed by atoms with E-state index in [9.17, 15) is 0 Å². The van der Waals surface area contributed by atoms with E-state index >= 15 is 0 Å². The average Bonchev–Trinajstić information content (AvgIpc) is 3.70. The normalized spacial score (nSPS) is 11.9. The zero-order valence-corrected chi connectivity index (χ0v) is 24.7. The van der Waals surface area contributed by atoms with Gasteiger partial charge in [-0.3, -0.25) is 4.57 Å². The molecule has 0 N–H and O–H groups in total. The van der Waals surface area contributed by atoms with Crippen LogP contribution in [0.15, 0.2) is 152 Å². The van der Waals surface area contributed by atoms with Gasteiger partial charge in [-0.1, -0.05) is 103 Å². The molecule has 0 aliphatic carbocycles. The minimum absolute atomic E-state index is 0.645. The van der Waals surface area contributed by atoms with E-state index in [0.717, 1.165) is 60.6 Å². The lowest BCUT2D eigenvalue weighted by Crippen LogP contribution is -2.03. The van der Waals surface area contributed by atoms with E-state index in [-0.39, 0.29) is 0 Å². The van der Waals surface area contributed by atoms with Crippen molar-refractivity contribution in [3.05, 3.63) is 152 Å². The second-order valence-electron chi connectivity index (χ2n) is 11.8. The van der Waals surface area contributed by atoms with Crippen molar-refractivity contribution >= 4 is 65.2 Å². The predicted molar refractivity (Wildman–Crippen MR) is 189 cm³/mol. The van der Waals surface area contributed by atoms with Crippen LogP contribution in [-0.2, 0) is 0 Å². The minimum atomic E-state index is 0.645. The summed E-state index contributed by atoms with van der Waals surface area (Å²) in [7, 11) is 0. The summed E-state index contributed by atoms with van der Waals surface area (Å²) >= 11 is 0. The topological polar surface area (TPSA) is 48.5 Å². The molecule has 0 aliphatic heterocycles. The van der Waals surface area contributed by atoms with E-state index in [1.165, 1.54) is 21.5 Å². The second-order valence-corrected chi connectivity index (χ2v) is 11.8. The number of hydrogen-bond donors (Lipinski definition) is 0. The smallest absolute Gasteiger partial charge is 0.235 e. The zero-order valence-electron chi connectivity index (χ0n) is 24.7. The van der Waals surface area contributed by atoms with Gasteiger partial charge in [-0.25, -0.2) is 14.6 Å². The van der Waals surface area contributed by atoms with Gasteiger partial charge in [-0.05, 0) is 64.0 Å². The average molecular weight is 588 g/mol. The highest BCUT2D eigenvalue weighted by molar-refractivity contribution is 6.24. The van der Waals surface area contributed by atoms with Gasteiger partial charge in [0.1, 0.15) is 0 Å². The van der Waals surface area contributed by atoms with E-state index in [1.807, 2.05) is 41.2 Å². The summed E-state index contributed by atoms with van der Waals surface area (Å²) in [5.74, 6) is 0.645. The van der Waals surface area contributed by atoms with Gasteiger partial charge in [0.2, 0.25) is 5.95 Å². The van der Waals surface area contributed by atoms with Gasteiger partial charge < -0.3 is 0 Å². The molecule has 0 aliphatic rings. The van der Waals surface area contributed by atoms with E-state index in [2.05, 4.69) is 120 Å². The van der Waals surface area contributed by atoms with Crippen molar-refractivity contribution in [3.63, 3.8) is 0 Å². The van der Waals surface area contributed by atoms with Crippen LogP contribution >= 0.6 is 0 Å². The van der Waals surface area contributed by atoms with Crippen LogP contribution in [0.5, 0.6) is 0 Å². The second kappa shape index (κ2) is 9.58. The summed E-state index contributed by atoms with van der Waals surface area (Å²) < 4.78 is 4.26. The monoisotopic (exact) mass is 587 g/mol. The first-order chi connectivity index (χ1) is 22.8. The molecular formula is C41H25N5. The van der Waals surface area contributed by atoms with Gasteiger partial charge in [0, 0.05) is 27.1 Å². The van der Waals surface area contributed by atoms with Gasteiger partial charge >= 0.3 is 0 Å². The molecule has 5 nitrogen and oxygen atoms in total. The maximum Gasteiger partial charge on any atom is 0.235 e. The van der Waals surface area contributed by atoms with Crippen molar-refractivity contribution in [2.45, 2.75) is 0 Å². The number of aromatic nitrogens is 5. The van der Waals surface area contributed by atoms with E-state index in [0.29, 0.717) is 5.95 Å². The summed E-state index contributed by atoms with van der Waals surface area (Å²) in [5.41, 5.74) is 7.08. The molecule has 3 heterocycles. The minimum Gasteiger partial charge on any atom is -0.278 e. The Morgan fingerprint density at radius 1 is 0.457 bits per heavy atom. The molecular weight excluding hydrogens is 562 g/mol. The number of para-hydroxylation sites is 2. The molecule has 46 heavy (non-hydrogen) atoms. The molecule has 10 rings (SSSR count). The Kier molecular flexibility index (Phi) is 5.22. The van der Waals surface area contributed by atoms with Crippen molar-refractivity contribution in [2.24, 2.45) is 0 Å². The molecule has 214 valence electrons. The van der Waals surface area contributed by atoms with Crippen LogP contribution in [0.1, 0.15) is 0 Å². The number of hydrogen-bond acceptors (Lipinski definition) is 3. The largest absolute Gasteiger partial charge is 0.278 e. The lowest BCUT2D eigenvalue weighted by Gasteiger charge is -2.12. The van der Waals surface area contributed by atoms with Crippen LogP contribution in [-0.4, -0.2) is 24.3 Å². The van der Waals surface area contributed by atoms with Crippen molar-refractivity contribution in [1.82, 2.24) is 24.3 Å². The van der Waals surface area contributed by atoms with Gasteiger partial charge in [0.15, 0.2) is 0 Å². The molecule has 0 bridgehead atoms. The van der Waals surface area contributed by atoms with Crippen molar-refractivity contribution < 1.29 is 0 Å². The number of fused-ring (bicyclic) bond motifs is 9. The van der Waals surface area contributed by atoms with Crippen LogP contribution in [0.25, 0.3) is 88.0 Å². The molecule has 10 aromatic rings. The first kappa shape index (κ1) is 25.0. The van der Waals surface area contributed by atoms with Crippen molar-refractivity contribution in [3.8, 4) is 22.9 Å². The number of benzene rings is 7. The van der Waals surface area contributed by atoms with E-state index in [1.54, 1.807) is 0 Å². The molecule has 0 unspecified atom stereocenters. The fourth-order valence-corrected chi connectivity index (χ4v) is 7.09. The van der Waals surface area contributed by atoms with Crippen LogP contribution in [0, 0.1) is 0 Å². The van der Waals surface area contributed by atoms with Crippen LogP contribution < -0.4 is 0 Å². The first-order valence-corrected chi connectivity index (χ1v) is 15.5. The van der Waals surface area contributed by atoms with E-state index in [4.69, 9.17) is 15.1 Å². The van der Waals surface area contributed by atoms with Crippen molar-refractivity contribution in [2.75, 3.05) is 0 Å². The van der Waals surface area contributed by atoms with E-state index < -0.39 is 0 Å². The highest BCUT2D eigenvalue weighted by atomic mass is 15.3. The van der Waals surface area contributed by atoms with Gasteiger partial charge in [-0.15, -0.1) is 0 Å². The van der Waals surface area contributed by atoms with Crippen LogP contribution in [0.4, 0.5) is 0 Å². The zero-order chi connectivity index (χ0) is 30.2. The Labute approximate surface area is 263 Å². The third-order valence-electron chi connectivity index (χ3n) is 9.18. The Hall–Kier alpha value is -6.33. The lowest BCUT2D eigenvalue weighted by atomic mass is 9.99. The summed E-state index contributed by atoms with van der Waals surface area (Å²) in [5, 5.41) is 14.1. The molecule has 3 aromatic heterocycles. The maximum atomic E-state index is 5.32. The number of rotatable bonds is 3. The maximum absolute atomic E-state index is 5.32. The third-order valence-corrected chi connectivity index (χ3v) is 9.18. The molecule has 0 saturated carbocycles. The molecule has 5 heteroatoms. The summed E-state index contributed by atoms with van der Waals surface area (Å²) in [6.07, 6.45) is 2.00. The van der Waals surface area contributed by atoms with Gasteiger partial charge in [-0.2, -0.15) is 5.10 Å². The molecule has 0 atom stereocenters. The molecule has 7 aromatic carbocycles. The first-order valence-electron chi connectivity index (χ1n) is 15.5. The third kappa shape index (κ3) is 3.60. The lowest BCUT2D eigenvalue weighted by molar-refractivity contribution is 0.911.